The van der Waals surface area contributed by atoms with Crippen LogP contribution in [-0.2, 0) is 14.4 Å². The fourth-order valence-electron chi connectivity index (χ4n) is 3.52. The summed E-state index contributed by atoms with van der Waals surface area (Å²) in [6.45, 7) is 1.49. The number of nitrogens with one attached hydrogen (secondary N) is 2. The minimum Gasteiger partial charge on any atom is -0.482 e. The minimum atomic E-state index is -0.996. The molecule has 0 aromatic heterocycles. The van der Waals surface area contributed by atoms with E-state index in [1.54, 1.807) is 18.2 Å². The number of hydrogen-bond acceptors (Lipinski definition) is 7. The first-order valence-corrected chi connectivity index (χ1v) is 11.9. The maximum atomic E-state index is 13.0. The van der Waals surface area contributed by atoms with E-state index >= 15 is 0 Å². The number of carbonyl (C=O) groups is 4. The van der Waals surface area contributed by atoms with Gasteiger partial charge in [-0.2, -0.15) is 0 Å². The molecule has 2 N–H and O–H groups in total. The van der Waals surface area contributed by atoms with Gasteiger partial charge in [0.25, 0.3) is 23.4 Å². The molecule has 3 aromatic carbocycles. The van der Waals surface area contributed by atoms with Crippen molar-refractivity contribution in [2.24, 2.45) is 0 Å². The summed E-state index contributed by atoms with van der Waals surface area (Å²) >= 11 is 12.3. The Morgan fingerprint density at radius 2 is 1.77 bits per heavy atom. The number of anilines is 2. The number of rotatable bonds is 7. The summed E-state index contributed by atoms with van der Waals surface area (Å²) in [5, 5.41) is 16.2. The van der Waals surface area contributed by atoms with Gasteiger partial charge in [-0.3, -0.25) is 29.8 Å². The van der Waals surface area contributed by atoms with Crippen molar-refractivity contribution in [3.8, 4) is 5.75 Å². The molecule has 4 rings (SSSR count). The van der Waals surface area contributed by atoms with E-state index in [4.69, 9.17) is 27.9 Å². The second-order valence-corrected chi connectivity index (χ2v) is 9.04. The Bertz CT molecular complexity index is 1550. The Hall–Kier alpha value is -4.74. The van der Waals surface area contributed by atoms with E-state index in [-0.39, 0.29) is 34.3 Å². The summed E-state index contributed by atoms with van der Waals surface area (Å²) in [4.78, 5) is 61.0. The fourth-order valence-corrected chi connectivity index (χ4v) is 3.94. The number of nitrogens with zero attached hydrogens (tertiary/aromatic N) is 2. The molecule has 198 valence electrons. The third-order valence-electron chi connectivity index (χ3n) is 5.50. The summed E-state index contributed by atoms with van der Waals surface area (Å²) in [6.07, 6.45) is 1.23. The SMILES string of the molecule is Cc1ccc(NC(=O)COc2ccc(/C=C3/C(=O)NC(=O)N(c4ccc([N+](=O)[O-])cc4)C3=O)cc2Cl)cc1Cl. The molecule has 0 aliphatic carbocycles. The Morgan fingerprint density at radius 1 is 1.05 bits per heavy atom. The molecule has 0 unspecified atom stereocenters. The highest BCUT2D eigenvalue weighted by Gasteiger charge is 2.37. The van der Waals surface area contributed by atoms with E-state index in [0.717, 1.165) is 17.7 Å². The van der Waals surface area contributed by atoms with Gasteiger partial charge in [0.2, 0.25) is 0 Å². The van der Waals surface area contributed by atoms with Crippen molar-refractivity contribution in [1.82, 2.24) is 5.32 Å². The predicted octanol–water partition coefficient (Wildman–Crippen LogP) is 4.89. The van der Waals surface area contributed by atoms with Crippen LogP contribution in [0.15, 0.2) is 66.2 Å². The summed E-state index contributed by atoms with van der Waals surface area (Å²) in [7, 11) is 0. The van der Waals surface area contributed by atoms with Crippen LogP contribution in [0.5, 0.6) is 5.75 Å². The summed E-state index contributed by atoms with van der Waals surface area (Å²) in [6, 6.07) is 13.1. The van der Waals surface area contributed by atoms with Gasteiger partial charge in [0.05, 0.1) is 15.6 Å². The van der Waals surface area contributed by atoms with Crippen LogP contribution < -0.4 is 20.3 Å². The molecular formula is C26H18Cl2N4O7. The average molecular weight is 569 g/mol. The summed E-state index contributed by atoms with van der Waals surface area (Å²) in [5.74, 6) is -2.12. The van der Waals surface area contributed by atoms with Gasteiger partial charge in [0, 0.05) is 22.8 Å². The van der Waals surface area contributed by atoms with Gasteiger partial charge in [-0.15, -0.1) is 0 Å². The van der Waals surface area contributed by atoms with Crippen molar-refractivity contribution in [2.45, 2.75) is 6.92 Å². The lowest BCUT2D eigenvalue weighted by atomic mass is 10.1. The maximum Gasteiger partial charge on any atom is 0.335 e. The third kappa shape index (κ3) is 6.22. The van der Waals surface area contributed by atoms with Crippen LogP contribution in [0.3, 0.4) is 0 Å². The first kappa shape index (κ1) is 27.3. The van der Waals surface area contributed by atoms with Crippen molar-refractivity contribution in [1.29, 1.82) is 0 Å². The monoisotopic (exact) mass is 568 g/mol. The van der Waals surface area contributed by atoms with Gasteiger partial charge < -0.3 is 10.1 Å². The van der Waals surface area contributed by atoms with E-state index < -0.39 is 28.7 Å². The predicted molar refractivity (Wildman–Crippen MR) is 144 cm³/mol. The topological polar surface area (TPSA) is 148 Å². The van der Waals surface area contributed by atoms with E-state index in [0.29, 0.717) is 21.2 Å². The van der Waals surface area contributed by atoms with Crippen molar-refractivity contribution >= 4 is 70.1 Å². The molecule has 0 radical (unpaired) electrons. The number of hydrogen-bond donors (Lipinski definition) is 2. The molecule has 1 saturated heterocycles. The number of nitro benzene ring substituents is 1. The molecule has 11 nitrogen and oxygen atoms in total. The largest absolute Gasteiger partial charge is 0.482 e. The highest BCUT2D eigenvalue weighted by Crippen LogP contribution is 2.28. The molecule has 1 aliphatic heterocycles. The number of imide groups is 2. The molecule has 39 heavy (non-hydrogen) atoms. The summed E-state index contributed by atoms with van der Waals surface area (Å²) in [5.41, 5.74) is 1.14. The van der Waals surface area contributed by atoms with Crippen LogP contribution in [0, 0.1) is 17.0 Å². The number of ether oxygens (including phenoxy) is 1. The van der Waals surface area contributed by atoms with Gasteiger partial charge in [-0.05, 0) is 60.5 Å². The molecular weight excluding hydrogens is 551 g/mol. The first-order chi connectivity index (χ1) is 18.5. The lowest BCUT2D eigenvalue weighted by molar-refractivity contribution is -0.384. The van der Waals surface area contributed by atoms with Crippen LogP contribution in [0.4, 0.5) is 21.9 Å². The molecule has 0 bridgehead atoms. The number of nitro groups is 1. The smallest absolute Gasteiger partial charge is 0.335 e. The zero-order chi connectivity index (χ0) is 28.3. The Morgan fingerprint density at radius 3 is 2.41 bits per heavy atom. The van der Waals surface area contributed by atoms with Crippen molar-refractivity contribution < 1.29 is 28.8 Å². The molecule has 1 heterocycles. The maximum absolute atomic E-state index is 13.0. The number of halogens is 2. The van der Waals surface area contributed by atoms with Gasteiger partial charge >= 0.3 is 6.03 Å². The van der Waals surface area contributed by atoms with E-state index in [1.807, 2.05) is 6.92 Å². The van der Waals surface area contributed by atoms with Gasteiger partial charge in [-0.1, -0.05) is 35.3 Å². The fraction of sp³-hybridized carbons (Fsp3) is 0.0769. The van der Waals surface area contributed by atoms with Gasteiger partial charge in [-0.25, -0.2) is 9.69 Å². The van der Waals surface area contributed by atoms with Crippen LogP contribution in [-0.4, -0.2) is 35.3 Å². The normalized spacial score (nSPS) is 14.3. The molecule has 0 atom stereocenters. The van der Waals surface area contributed by atoms with Crippen LogP contribution in [0.25, 0.3) is 6.08 Å². The van der Waals surface area contributed by atoms with Crippen molar-refractivity contribution in [3.63, 3.8) is 0 Å². The number of amides is 5. The second kappa shape index (κ2) is 11.3. The van der Waals surface area contributed by atoms with Crippen molar-refractivity contribution in [2.75, 3.05) is 16.8 Å². The minimum absolute atomic E-state index is 0.0365. The molecule has 0 spiro atoms. The Labute approximate surface area is 231 Å². The highest BCUT2D eigenvalue weighted by atomic mass is 35.5. The van der Waals surface area contributed by atoms with Gasteiger partial charge in [0.15, 0.2) is 6.61 Å². The van der Waals surface area contributed by atoms with Crippen molar-refractivity contribution in [3.05, 3.63) is 97.5 Å². The lowest BCUT2D eigenvalue weighted by Crippen LogP contribution is -2.54. The molecule has 1 aliphatic rings. The standard InChI is InChI=1S/C26H18Cl2N4O7/c1-14-2-4-16(12-20(14)27)29-23(33)13-39-22-9-3-15(11-21(22)28)10-19-24(34)30-26(36)31(25(19)35)17-5-7-18(8-6-17)32(37)38/h2-12H,13H2,1H3,(H,29,33)(H,30,34,36)/b19-10-. The van der Waals surface area contributed by atoms with Crippen LogP contribution >= 0.6 is 23.2 Å². The second-order valence-electron chi connectivity index (χ2n) is 8.22. The number of urea groups is 1. The average Bonchev–Trinajstić information content (AvgIpc) is 2.88. The molecule has 5 amide bonds. The number of benzene rings is 3. The molecule has 13 heteroatoms. The number of barbiturate groups is 1. The van der Waals surface area contributed by atoms with E-state index in [1.165, 1.54) is 36.4 Å². The van der Waals surface area contributed by atoms with Crippen LogP contribution in [0.1, 0.15) is 11.1 Å². The molecule has 0 saturated carbocycles. The number of non-ortho nitro benzene ring substituents is 1. The Kier molecular flexibility index (Phi) is 7.93. The number of aryl methyl sites for hydroxylation is 1. The quantitative estimate of drug-likeness (QED) is 0.178. The molecule has 1 fully saturated rings. The Balaban J connectivity index is 1.47. The van der Waals surface area contributed by atoms with Gasteiger partial charge in [0.1, 0.15) is 11.3 Å². The third-order valence-corrected chi connectivity index (χ3v) is 6.20. The molecule has 3 aromatic rings. The lowest BCUT2D eigenvalue weighted by Gasteiger charge is -2.26. The number of carbonyl (C=O) groups excluding carboxylic acids is 4. The zero-order valence-corrected chi connectivity index (χ0v) is 21.6. The van der Waals surface area contributed by atoms with E-state index in [2.05, 4.69) is 10.6 Å². The summed E-state index contributed by atoms with van der Waals surface area (Å²) < 4.78 is 5.48. The first-order valence-electron chi connectivity index (χ1n) is 11.2. The zero-order valence-electron chi connectivity index (χ0n) is 20.1. The van der Waals surface area contributed by atoms with E-state index in [9.17, 15) is 29.3 Å². The highest BCUT2D eigenvalue weighted by molar-refractivity contribution is 6.39. The van der Waals surface area contributed by atoms with Crippen LogP contribution in [0.2, 0.25) is 10.0 Å².